The fourth-order valence-electron chi connectivity index (χ4n) is 1.45. The molecule has 4 nitrogen and oxygen atoms in total. The van der Waals surface area contributed by atoms with Gasteiger partial charge in [0.1, 0.15) is 12.3 Å². The highest BCUT2D eigenvalue weighted by Crippen LogP contribution is 2.25. The molecular weight excluding hydrogens is 331 g/mol. The summed E-state index contributed by atoms with van der Waals surface area (Å²) in [5, 5.41) is 18.3. The molecule has 0 aliphatic heterocycles. The number of halogens is 4. The van der Waals surface area contributed by atoms with Gasteiger partial charge in [-0.05, 0) is 18.2 Å². The van der Waals surface area contributed by atoms with Gasteiger partial charge in [0, 0.05) is 11.0 Å². The molecule has 0 atom stereocenters. The van der Waals surface area contributed by atoms with Crippen molar-refractivity contribution in [2.24, 2.45) is 0 Å². The highest BCUT2D eigenvalue weighted by atomic mass is 79.9. The Morgan fingerprint density at radius 2 is 2.00 bits per heavy atom. The lowest BCUT2D eigenvalue weighted by atomic mass is 10.1. The maximum absolute atomic E-state index is 12.3. The molecule has 106 valence electrons. The SMILES string of the molecule is O=C(c1ccc(Br)cc1O)N(CCO)CC(F)(F)F. The lowest BCUT2D eigenvalue weighted by molar-refractivity contribution is -0.141. The number of aliphatic hydroxyl groups is 1. The lowest BCUT2D eigenvalue weighted by Crippen LogP contribution is -2.40. The largest absolute Gasteiger partial charge is 0.507 e. The molecular formula is C11H11BrF3NO3. The molecule has 0 aliphatic rings. The first-order valence-corrected chi connectivity index (χ1v) is 5.99. The minimum atomic E-state index is -4.57. The molecule has 0 spiro atoms. The Kier molecular flexibility index (Phi) is 5.19. The van der Waals surface area contributed by atoms with E-state index in [2.05, 4.69) is 15.9 Å². The number of benzene rings is 1. The summed E-state index contributed by atoms with van der Waals surface area (Å²) in [6.45, 7) is -2.55. The van der Waals surface area contributed by atoms with E-state index in [9.17, 15) is 23.1 Å². The molecule has 0 aliphatic carbocycles. The van der Waals surface area contributed by atoms with Crippen molar-refractivity contribution in [2.75, 3.05) is 19.7 Å². The van der Waals surface area contributed by atoms with E-state index < -0.39 is 37.5 Å². The number of hydrogen-bond acceptors (Lipinski definition) is 3. The van der Waals surface area contributed by atoms with E-state index in [0.717, 1.165) is 0 Å². The van der Waals surface area contributed by atoms with Gasteiger partial charge >= 0.3 is 6.18 Å². The van der Waals surface area contributed by atoms with Gasteiger partial charge in [-0.3, -0.25) is 4.79 Å². The normalized spacial score (nSPS) is 11.4. The Morgan fingerprint density at radius 3 is 2.47 bits per heavy atom. The fraction of sp³-hybridized carbons (Fsp3) is 0.364. The second-order valence-electron chi connectivity index (χ2n) is 3.73. The minimum Gasteiger partial charge on any atom is -0.507 e. The predicted octanol–water partition coefficient (Wildman–Crippen LogP) is 2.15. The number of phenols is 1. The summed E-state index contributed by atoms with van der Waals surface area (Å²) in [4.78, 5) is 12.3. The number of phenolic OH excluding ortho intramolecular Hbond substituents is 1. The molecule has 0 heterocycles. The highest BCUT2D eigenvalue weighted by molar-refractivity contribution is 9.10. The molecule has 19 heavy (non-hydrogen) atoms. The van der Waals surface area contributed by atoms with Gasteiger partial charge in [-0.25, -0.2) is 0 Å². The first kappa shape index (κ1) is 15.8. The van der Waals surface area contributed by atoms with Crippen molar-refractivity contribution in [1.29, 1.82) is 0 Å². The van der Waals surface area contributed by atoms with Crippen molar-refractivity contribution >= 4 is 21.8 Å². The molecule has 2 N–H and O–H groups in total. The first-order chi connectivity index (χ1) is 8.74. The van der Waals surface area contributed by atoms with Crippen LogP contribution in [0.5, 0.6) is 5.75 Å². The van der Waals surface area contributed by atoms with Gasteiger partial charge in [0.25, 0.3) is 5.91 Å². The summed E-state index contributed by atoms with van der Waals surface area (Å²) < 4.78 is 37.5. The fourth-order valence-corrected chi connectivity index (χ4v) is 1.79. The number of aliphatic hydroxyl groups excluding tert-OH is 1. The molecule has 0 radical (unpaired) electrons. The number of hydrogen-bond donors (Lipinski definition) is 2. The molecule has 0 unspecified atom stereocenters. The molecule has 0 aromatic heterocycles. The van der Waals surface area contributed by atoms with Gasteiger partial charge < -0.3 is 15.1 Å². The van der Waals surface area contributed by atoms with E-state index in [4.69, 9.17) is 5.11 Å². The molecule has 1 rings (SSSR count). The van der Waals surface area contributed by atoms with Crippen LogP contribution in [0, 0.1) is 0 Å². The molecule has 0 bridgehead atoms. The van der Waals surface area contributed by atoms with Crippen LogP contribution in [0.3, 0.4) is 0 Å². The second kappa shape index (κ2) is 6.25. The second-order valence-corrected chi connectivity index (χ2v) is 4.64. The molecule has 1 aromatic rings. The van der Waals surface area contributed by atoms with Gasteiger partial charge in [0.15, 0.2) is 0 Å². The van der Waals surface area contributed by atoms with Crippen LogP contribution in [-0.2, 0) is 0 Å². The Bertz CT molecular complexity index is 465. The number of carbonyl (C=O) groups excluding carboxylic acids is 1. The van der Waals surface area contributed by atoms with Crippen molar-refractivity contribution in [3.8, 4) is 5.75 Å². The highest BCUT2D eigenvalue weighted by Gasteiger charge is 2.33. The maximum Gasteiger partial charge on any atom is 0.406 e. The summed E-state index contributed by atoms with van der Waals surface area (Å²) in [5.41, 5.74) is -0.249. The van der Waals surface area contributed by atoms with E-state index in [1.807, 2.05) is 0 Å². The van der Waals surface area contributed by atoms with Crippen LogP contribution in [0.1, 0.15) is 10.4 Å². The van der Waals surface area contributed by atoms with Crippen molar-refractivity contribution in [3.63, 3.8) is 0 Å². The van der Waals surface area contributed by atoms with E-state index in [-0.39, 0.29) is 5.56 Å². The van der Waals surface area contributed by atoms with Crippen LogP contribution in [0.2, 0.25) is 0 Å². The number of amides is 1. The van der Waals surface area contributed by atoms with Crippen LogP contribution in [0.25, 0.3) is 0 Å². The Balaban J connectivity index is 2.99. The summed E-state index contributed by atoms with van der Waals surface area (Å²) in [5.74, 6) is -1.42. The van der Waals surface area contributed by atoms with E-state index in [1.54, 1.807) is 0 Å². The van der Waals surface area contributed by atoms with Gasteiger partial charge in [-0.1, -0.05) is 15.9 Å². The monoisotopic (exact) mass is 341 g/mol. The van der Waals surface area contributed by atoms with Crippen LogP contribution in [-0.4, -0.2) is 46.9 Å². The first-order valence-electron chi connectivity index (χ1n) is 5.20. The molecule has 8 heteroatoms. The molecule has 0 saturated heterocycles. The summed E-state index contributed by atoms with van der Waals surface area (Å²) in [6.07, 6.45) is -4.57. The summed E-state index contributed by atoms with van der Waals surface area (Å²) >= 11 is 3.06. The average molecular weight is 342 g/mol. The molecule has 0 fully saturated rings. The van der Waals surface area contributed by atoms with Gasteiger partial charge in [0.2, 0.25) is 0 Å². The quantitative estimate of drug-likeness (QED) is 0.882. The Hall–Kier alpha value is -1.28. The third-order valence-electron chi connectivity index (χ3n) is 2.22. The molecule has 0 saturated carbocycles. The van der Waals surface area contributed by atoms with Gasteiger partial charge in [-0.15, -0.1) is 0 Å². The van der Waals surface area contributed by atoms with Crippen molar-refractivity contribution < 1.29 is 28.2 Å². The standard InChI is InChI=1S/C11H11BrF3NO3/c12-7-1-2-8(9(18)5-7)10(19)16(3-4-17)6-11(13,14)15/h1-2,5,17-18H,3-4,6H2. The van der Waals surface area contributed by atoms with Crippen LogP contribution in [0.15, 0.2) is 22.7 Å². The maximum atomic E-state index is 12.3. The summed E-state index contributed by atoms with van der Waals surface area (Å²) in [6, 6.07) is 3.85. The Morgan fingerprint density at radius 1 is 1.37 bits per heavy atom. The van der Waals surface area contributed by atoms with Crippen molar-refractivity contribution in [2.45, 2.75) is 6.18 Å². The topological polar surface area (TPSA) is 60.8 Å². The van der Waals surface area contributed by atoms with E-state index in [1.165, 1.54) is 18.2 Å². The third kappa shape index (κ3) is 4.71. The van der Waals surface area contributed by atoms with Crippen LogP contribution < -0.4 is 0 Å². The van der Waals surface area contributed by atoms with Crippen molar-refractivity contribution in [1.82, 2.24) is 4.90 Å². The van der Waals surface area contributed by atoms with E-state index in [0.29, 0.717) is 9.37 Å². The Labute approximate surface area is 115 Å². The van der Waals surface area contributed by atoms with Crippen molar-refractivity contribution in [3.05, 3.63) is 28.2 Å². The third-order valence-corrected chi connectivity index (χ3v) is 2.71. The lowest BCUT2D eigenvalue weighted by Gasteiger charge is -2.23. The zero-order chi connectivity index (χ0) is 14.6. The number of nitrogens with zero attached hydrogens (tertiary/aromatic N) is 1. The van der Waals surface area contributed by atoms with E-state index >= 15 is 0 Å². The summed E-state index contributed by atoms with van der Waals surface area (Å²) in [7, 11) is 0. The zero-order valence-electron chi connectivity index (χ0n) is 9.62. The molecule has 1 amide bonds. The molecule has 1 aromatic carbocycles. The van der Waals surface area contributed by atoms with Crippen LogP contribution in [0.4, 0.5) is 13.2 Å². The number of rotatable bonds is 4. The van der Waals surface area contributed by atoms with Gasteiger partial charge in [0.05, 0.1) is 12.2 Å². The number of alkyl halides is 3. The zero-order valence-corrected chi connectivity index (χ0v) is 11.2. The number of aromatic hydroxyl groups is 1. The number of carbonyl (C=O) groups is 1. The average Bonchev–Trinajstić information content (AvgIpc) is 2.26. The van der Waals surface area contributed by atoms with Gasteiger partial charge in [-0.2, -0.15) is 13.2 Å². The predicted molar refractivity (Wildman–Crippen MR) is 64.9 cm³/mol. The smallest absolute Gasteiger partial charge is 0.406 e. The minimum absolute atomic E-state index is 0.249. The van der Waals surface area contributed by atoms with Crippen LogP contribution >= 0.6 is 15.9 Å².